The Morgan fingerprint density at radius 1 is 1.62 bits per heavy atom. The van der Waals surface area contributed by atoms with E-state index in [1.54, 1.807) is 0 Å². The molecule has 1 atom stereocenters. The van der Waals surface area contributed by atoms with Gasteiger partial charge in [0.05, 0.1) is 0 Å². The third-order valence-corrected chi connectivity index (χ3v) is 1.45. The highest BCUT2D eigenvalue weighted by molar-refractivity contribution is 4.98. The van der Waals surface area contributed by atoms with Gasteiger partial charge in [-0.25, -0.2) is 0 Å². The molecular weight excluding hydrogens is 96.1 g/mol. The molecule has 0 fully saturated rings. The summed E-state index contributed by atoms with van der Waals surface area (Å²) in [7, 11) is 0. The summed E-state index contributed by atoms with van der Waals surface area (Å²) in [4.78, 5) is 0. The molecule has 0 saturated carbocycles. The summed E-state index contributed by atoms with van der Waals surface area (Å²) in [5.41, 5.74) is 5.87. The Morgan fingerprint density at radius 3 is 2.88 bits per heavy atom. The fourth-order valence-corrected chi connectivity index (χ4v) is 0.788. The van der Waals surface area contributed by atoms with Gasteiger partial charge in [-0.05, 0) is 30.9 Å². The SMILES string of the molecule is CCC1C=C=C=CC1. The molecule has 0 N–H and O–H groups in total. The van der Waals surface area contributed by atoms with Gasteiger partial charge in [0.15, 0.2) is 0 Å². The summed E-state index contributed by atoms with van der Waals surface area (Å²) >= 11 is 0. The fourth-order valence-electron chi connectivity index (χ4n) is 0.788. The van der Waals surface area contributed by atoms with Gasteiger partial charge in [0.2, 0.25) is 0 Å². The van der Waals surface area contributed by atoms with Gasteiger partial charge in [-0.15, -0.1) is 0 Å². The van der Waals surface area contributed by atoms with Crippen LogP contribution in [0.5, 0.6) is 0 Å². The standard InChI is InChI=1S/C8H10/c1-2-8-6-4-3-5-7-8/h4,7-8H,2,6H2,1H3. The molecule has 0 aromatic heterocycles. The van der Waals surface area contributed by atoms with Gasteiger partial charge >= 0.3 is 0 Å². The highest BCUT2D eigenvalue weighted by Crippen LogP contribution is 2.11. The van der Waals surface area contributed by atoms with Gasteiger partial charge in [-0.1, -0.05) is 18.4 Å². The van der Waals surface area contributed by atoms with Crippen molar-refractivity contribution in [3.8, 4) is 0 Å². The van der Waals surface area contributed by atoms with Gasteiger partial charge < -0.3 is 0 Å². The van der Waals surface area contributed by atoms with Crippen LogP contribution in [0.4, 0.5) is 0 Å². The lowest BCUT2D eigenvalue weighted by Gasteiger charge is -2.03. The normalized spacial score (nSPS) is 24.4. The Kier molecular flexibility index (Phi) is 1.75. The second kappa shape index (κ2) is 2.57. The Bertz CT molecular complexity index is 153. The summed E-state index contributed by atoms with van der Waals surface area (Å²) in [5.74, 6) is 0.733. The molecule has 1 rings (SSSR count). The molecule has 0 aromatic carbocycles. The van der Waals surface area contributed by atoms with Crippen LogP contribution in [-0.4, -0.2) is 0 Å². The minimum absolute atomic E-state index is 0.733. The predicted molar refractivity (Wildman–Crippen MR) is 34.6 cm³/mol. The molecular formula is C8H10. The van der Waals surface area contributed by atoms with E-state index in [1.807, 2.05) is 6.08 Å². The Morgan fingerprint density at radius 2 is 2.50 bits per heavy atom. The van der Waals surface area contributed by atoms with Crippen LogP contribution in [0, 0.1) is 5.92 Å². The summed E-state index contributed by atoms with van der Waals surface area (Å²) in [6.07, 6.45) is 6.53. The van der Waals surface area contributed by atoms with E-state index in [9.17, 15) is 0 Å². The molecule has 42 valence electrons. The van der Waals surface area contributed by atoms with E-state index in [2.05, 4.69) is 24.5 Å². The number of rotatable bonds is 1. The van der Waals surface area contributed by atoms with Gasteiger partial charge in [0.25, 0.3) is 0 Å². The van der Waals surface area contributed by atoms with E-state index in [0.717, 1.165) is 12.3 Å². The zero-order valence-corrected chi connectivity index (χ0v) is 5.15. The maximum absolute atomic E-state index is 2.96. The zero-order valence-electron chi connectivity index (χ0n) is 5.15. The van der Waals surface area contributed by atoms with E-state index in [-0.39, 0.29) is 0 Å². The van der Waals surface area contributed by atoms with Gasteiger partial charge in [0, 0.05) is 0 Å². The molecule has 0 spiro atoms. The van der Waals surface area contributed by atoms with E-state index >= 15 is 0 Å². The van der Waals surface area contributed by atoms with Crippen LogP contribution in [-0.2, 0) is 0 Å². The first-order chi connectivity index (χ1) is 3.93. The molecule has 1 aliphatic rings. The topological polar surface area (TPSA) is 0 Å². The van der Waals surface area contributed by atoms with Crippen LogP contribution in [0.15, 0.2) is 23.6 Å². The first-order valence-electron chi connectivity index (χ1n) is 3.09. The highest BCUT2D eigenvalue weighted by Gasteiger charge is 1.98. The fraction of sp³-hybridized carbons (Fsp3) is 0.500. The lowest BCUT2D eigenvalue weighted by atomic mass is 10.0. The summed E-state index contributed by atoms with van der Waals surface area (Å²) in [6.45, 7) is 2.20. The second-order valence-corrected chi connectivity index (χ2v) is 2.06. The van der Waals surface area contributed by atoms with E-state index < -0.39 is 0 Å². The van der Waals surface area contributed by atoms with Crippen molar-refractivity contribution in [1.82, 2.24) is 0 Å². The third kappa shape index (κ3) is 1.13. The summed E-state index contributed by atoms with van der Waals surface area (Å²) in [5, 5.41) is 0. The first-order valence-corrected chi connectivity index (χ1v) is 3.09. The molecule has 0 heteroatoms. The average molecular weight is 106 g/mol. The van der Waals surface area contributed by atoms with Crippen molar-refractivity contribution in [3.05, 3.63) is 23.6 Å². The smallest absolute Gasteiger partial charge is 0.0113 e. The lowest BCUT2D eigenvalue weighted by molar-refractivity contribution is 0.636. The van der Waals surface area contributed by atoms with Crippen molar-refractivity contribution in [2.45, 2.75) is 19.8 Å². The van der Waals surface area contributed by atoms with E-state index in [1.165, 1.54) is 6.42 Å². The Hall–Kier alpha value is -0.700. The Labute approximate surface area is 50.2 Å². The summed E-state index contributed by atoms with van der Waals surface area (Å²) < 4.78 is 0. The monoisotopic (exact) mass is 106 g/mol. The van der Waals surface area contributed by atoms with Crippen molar-refractivity contribution in [2.24, 2.45) is 5.92 Å². The molecule has 0 radical (unpaired) electrons. The molecule has 0 amide bonds. The minimum atomic E-state index is 0.733. The maximum Gasteiger partial charge on any atom is -0.0113 e. The van der Waals surface area contributed by atoms with Crippen LogP contribution in [0.25, 0.3) is 0 Å². The second-order valence-electron chi connectivity index (χ2n) is 2.06. The quantitative estimate of drug-likeness (QED) is 0.450. The van der Waals surface area contributed by atoms with Crippen LogP contribution in [0.2, 0.25) is 0 Å². The van der Waals surface area contributed by atoms with Gasteiger partial charge in [0.1, 0.15) is 0 Å². The van der Waals surface area contributed by atoms with E-state index in [0.29, 0.717) is 0 Å². The lowest BCUT2D eigenvalue weighted by Crippen LogP contribution is -1.91. The number of hydrogen-bond donors (Lipinski definition) is 0. The van der Waals surface area contributed by atoms with Gasteiger partial charge in [-0.2, -0.15) is 0 Å². The summed E-state index contributed by atoms with van der Waals surface area (Å²) in [6, 6.07) is 0. The van der Waals surface area contributed by atoms with Crippen molar-refractivity contribution in [3.63, 3.8) is 0 Å². The van der Waals surface area contributed by atoms with Gasteiger partial charge in [-0.3, -0.25) is 0 Å². The number of hydrogen-bond acceptors (Lipinski definition) is 0. The molecule has 1 unspecified atom stereocenters. The minimum Gasteiger partial charge on any atom is -0.0749 e. The number of allylic oxidation sites excluding steroid dienone is 2. The molecule has 0 heterocycles. The van der Waals surface area contributed by atoms with Crippen molar-refractivity contribution < 1.29 is 0 Å². The zero-order chi connectivity index (χ0) is 5.82. The molecule has 0 saturated heterocycles. The first kappa shape index (κ1) is 5.44. The van der Waals surface area contributed by atoms with Crippen LogP contribution in [0.3, 0.4) is 0 Å². The van der Waals surface area contributed by atoms with E-state index in [4.69, 9.17) is 0 Å². The molecule has 1 aliphatic carbocycles. The molecule has 0 aromatic rings. The molecule has 0 bridgehead atoms. The molecule has 0 nitrogen and oxygen atoms in total. The molecule has 0 aliphatic heterocycles. The van der Waals surface area contributed by atoms with Crippen LogP contribution in [0.1, 0.15) is 19.8 Å². The van der Waals surface area contributed by atoms with Crippen LogP contribution >= 0.6 is 0 Å². The van der Waals surface area contributed by atoms with Crippen molar-refractivity contribution in [2.75, 3.05) is 0 Å². The van der Waals surface area contributed by atoms with Crippen molar-refractivity contribution >= 4 is 0 Å². The average Bonchev–Trinajstić information content (AvgIpc) is 1.90. The molecule has 8 heavy (non-hydrogen) atoms. The highest BCUT2D eigenvalue weighted by atomic mass is 14.0. The van der Waals surface area contributed by atoms with Crippen molar-refractivity contribution in [1.29, 1.82) is 0 Å². The van der Waals surface area contributed by atoms with Crippen LogP contribution < -0.4 is 0 Å². The third-order valence-electron chi connectivity index (χ3n) is 1.45. The maximum atomic E-state index is 2.96. The largest absolute Gasteiger partial charge is 0.0749 e. The predicted octanol–water partition coefficient (Wildman–Crippen LogP) is 2.28. The Balaban J connectivity index is 2.59.